The second kappa shape index (κ2) is 7.92. The lowest BCUT2D eigenvalue weighted by Gasteiger charge is -2.27. The summed E-state index contributed by atoms with van der Waals surface area (Å²) in [4.78, 5) is 12.4. The van der Waals surface area contributed by atoms with E-state index in [9.17, 15) is 4.79 Å². The summed E-state index contributed by atoms with van der Waals surface area (Å²) in [5, 5.41) is 5.76. The zero-order valence-electron chi connectivity index (χ0n) is 12.1. The first-order valence-electron chi connectivity index (χ1n) is 6.72. The molecule has 2 aromatic carbocycles. The Balaban J connectivity index is 2.18. The van der Waals surface area contributed by atoms with Gasteiger partial charge in [0.1, 0.15) is 6.17 Å². The van der Waals surface area contributed by atoms with Gasteiger partial charge < -0.3 is 10.6 Å². The van der Waals surface area contributed by atoms with E-state index < -0.39 is 9.96 Å². The molecule has 1 amide bonds. The van der Waals surface area contributed by atoms with Crippen LogP contribution in [0.2, 0.25) is 0 Å². The molecule has 0 fully saturated rings. The molecule has 0 aliphatic carbocycles. The Kier molecular flexibility index (Phi) is 6.42. The third-order valence-corrected chi connectivity index (χ3v) is 4.52. The normalized spacial score (nSPS) is 12.6. The van der Waals surface area contributed by atoms with Crippen molar-refractivity contribution in [1.29, 1.82) is 0 Å². The highest BCUT2D eigenvalue weighted by Gasteiger charge is 2.34. The van der Waals surface area contributed by atoms with Crippen molar-refractivity contribution < 1.29 is 4.79 Å². The van der Waals surface area contributed by atoms with Gasteiger partial charge in [0.15, 0.2) is 0 Å². The van der Waals surface area contributed by atoms with Gasteiger partial charge in [-0.3, -0.25) is 4.79 Å². The smallest absolute Gasteiger partial charge is 0.253 e. The van der Waals surface area contributed by atoms with Crippen LogP contribution in [0, 0.1) is 10.5 Å². The Hall–Kier alpha value is -0.690. The Morgan fingerprint density at radius 3 is 2.26 bits per heavy atom. The fraction of sp³-hybridized carbons (Fsp3) is 0.188. The number of nitrogens with one attached hydrogen (secondary N) is 2. The van der Waals surface area contributed by atoms with Crippen LogP contribution in [0.4, 0.5) is 5.69 Å². The summed E-state index contributed by atoms with van der Waals surface area (Å²) in [6.07, 6.45) is -0.875. The second-order valence-electron chi connectivity index (χ2n) is 4.91. The predicted octanol–water partition coefficient (Wildman–Crippen LogP) is 5.14. The highest BCUT2D eigenvalue weighted by molar-refractivity contribution is 14.1. The van der Waals surface area contributed by atoms with Crippen LogP contribution in [0.15, 0.2) is 48.5 Å². The number of amides is 1. The van der Waals surface area contributed by atoms with Crippen molar-refractivity contribution in [2.75, 3.05) is 5.32 Å². The third kappa shape index (κ3) is 5.41. The minimum atomic E-state index is -1.71. The van der Waals surface area contributed by atoms with E-state index in [1.54, 1.807) is 12.1 Å². The van der Waals surface area contributed by atoms with Crippen LogP contribution >= 0.6 is 57.4 Å². The zero-order chi connectivity index (χ0) is 17.0. The van der Waals surface area contributed by atoms with Crippen LogP contribution in [0.3, 0.4) is 0 Å². The van der Waals surface area contributed by atoms with E-state index in [-0.39, 0.29) is 5.91 Å². The molecule has 7 heteroatoms. The first-order chi connectivity index (χ1) is 10.8. The zero-order valence-corrected chi connectivity index (χ0v) is 16.5. The number of hydrogen-bond acceptors (Lipinski definition) is 2. The topological polar surface area (TPSA) is 41.1 Å². The van der Waals surface area contributed by atoms with Crippen LogP contribution in [0.1, 0.15) is 15.9 Å². The van der Waals surface area contributed by atoms with Gasteiger partial charge in [-0.1, -0.05) is 53.0 Å². The number of carbonyl (C=O) groups excluding carboxylic acids is 1. The molecular weight excluding hydrogens is 469 g/mol. The average Bonchev–Trinajstić information content (AvgIpc) is 2.48. The molecule has 0 saturated heterocycles. The first-order valence-corrected chi connectivity index (χ1v) is 8.94. The van der Waals surface area contributed by atoms with Crippen molar-refractivity contribution in [3.8, 4) is 0 Å². The number of benzene rings is 2. The minimum Gasteiger partial charge on any atom is -0.362 e. The fourth-order valence-corrected chi connectivity index (χ4v) is 2.64. The molecule has 0 radical (unpaired) electrons. The Labute approximate surface area is 163 Å². The molecule has 0 saturated carbocycles. The van der Waals surface area contributed by atoms with E-state index in [0.717, 1.165) is 14.8 Å². The molecule has 0 spiro atoms. The summed E-state index contributed by atoms with van der Waals surface area (Å²) in [6.45, 7) is 1.85. The molecule has 1 atom stereocenters. The van der Waals surface area contributed by atoms with Gasteiger partial charge in [0.05, 0.1) is 0 Å². The molecule has 2 rings (SSSR count). The van der Waals surface area contributed by atoms with Gasteiger partial charge in [-0.2, -0.15) is 0 Å². The van der Waals surface area contributed by atoms with Crippen molar-refractivity contribution in [2.24, 2.45) is 0 Å². The van der Waals surface area contributed by atoms with Crippen LogP contribution in [-0.4, -0.2) is 15.9 Å². The summed E-state index contributed by atoms with van der Waals surface area (Å²) in [5.74, 6) is -0.308. The minimum absolute atomic E-state index is 0.308. The maximum Gasteiger partial charge on any atom is 0.253 e. The Morgan fingerprint density at radius 2 is 1.70 bits per heavy atom. The van der Waals surface area contributed by atoms with Gasteiger partial charge >= 0.3 is 0 Å². The molecule has 2 N–H and O–H groups in total. The fourth-order valence-electron chi connectivity index (χ4n) is 1.95. The monoisotopic (exact) mass is 482 g/mol. The lowest BCUT2D eigenvalue weighted by molar-refractivity contribution is 0.0941. The molecule has 0 aromatic heterocycles. The maximum atomic E-state index is 12.4. The number of alkyl halides is 3. The van der Waals surface area contributed by atoms with Gasteiger partial charge in [0.2, 0.25) is 3.79 Å². The van der Waals surface area contributed by atoms with Crippen LogP contribution < -0.4 is 10.6 Å². The second-order valence-corrected chi connectivity index (χ2v) is 8.53. The van der Waals surface area contributed by atoms with Gasteiger partial charge in [-0.25, -0.2) is 0 Å². The Morgan fingerprint density at radius 1 is 1.09 bits per heavy atom. The van der Waals surface area contributed by atoms with Gasteiger partial charge in [0.25, 0.3) is 5.91 Å². The van der Waals surface area contributed by atoms with E-state index in [1.807, 2.05) is 43.3 Å². The standard InChI is InChI=1S/C16H14Cl3IN2O/c1-10-4-2-3-5-13(10)14(23)22-15(16(17,18)19)21-12-8-6-11(20)7-9-12/h2-9,15,21H,1H3,(H,22,23)/t15-/m0/s1. The molecule has 0 aliphatic heterocycles. The molecule has 0 unspecified atom stereocenters. The molecule has 0 aliphatic rings. The largest absolute Gasteiger partial charge is 0.362 e. The van der Waals surface area contributed by atoms with Crippen LogP contribution in [-0.2, 0) is 0 Å². The third-order valence-electron chi connectivity index (χ3n) is 3.15. The number of anilines is 1. The molecule has 23 heavy (non-hydrogen) atoms. The highest BCUT2D eigenvalue weighted by atomic mass is 127. The molecular formula is C16H14Cl3IN2O. The van der Waals surface area contributed by atoms with Gasteiger partial charge in [-0.05, 0) is 65.4 Å². The summed E-state index contributed by atoms with van der Waals surface area (Å²) in [5.41, 5.74) is 2.13. The van der Waals surface area contributed by atoms with Gasteiger partial charge in [0, 0.05) is 14.8 Å². The van der Waals surface area contributed by atoms with E-state index in [0.29, 0.717) is 5.56 Å². The molecule has 122 valence electrons. The number of carbonyl (C=O) groups is 1. The van der Waals surface area contributed by atoms with E-state index in [4.69, 9.17) is 34.8 Å². The lowest BCUT2D eigenvalue weighted by Crippen LogP contribution is -2.49. The van der Waals surface area contributed by atoms with Crippen molar-refractivity contribution in [3.63, 3.8) is 0 Å². The van der Waals surface area contributed by atoms with E-state index in [2.05, 4.69) is 33.2 Å². The lowest BCUT2D eigenvalue weighted by atomic mass is 10.1. The molecule has 2 aromatic rings. The highest BCUT2D eigenvalue weighted by Crippen LogP contribution is 2.31. The molecule has 0 heterocycles. The van der Waals surface area contributed by atoms with Crippen LogP contribution in [0.25, 0.3) is 0 Å². The summed E-state index contributed by atoms with van der Waals surface area (Å²) < 4.78 is -0.621. The Bertz CT molecular complexity index is 686. The molecule has 3 nitrogen and oxygen atoms in total. The first kappa shape index (κ1) is 18.6. The number of rotatable bonds is 4. The SMILES string of the molecule is Cc1ccccc1C(=O)N[C@H](Nc1ccc(I)cc1)C(Cl)(Cl)Cl. The predicted molar refractivity (Wildman–Crippen MR) is 106 cm³/mol. The van der Waals surface area contributed by atoms with Gasteiger partial charge in [-0.15, -0.1) is 0 Å². The van der Waals surface area contributed by atoms with Crippen molar-refractivity contribution in [2.45, 2.75) is 16.9 Å². The number of halogens is 4. The average molecular weight is 484 g/mol. The van der Waals surface area contributed by atoms with Crippen molar-refractivity contribution in [1.82, 2.24) is 5.32 Å². The van der Waals surface area contributed by atoms with E-state index in [1.165, 1.54) is 0 Å². The summed E-state index contributed by atoms with van der Waals surface area (Å²) in [6, 6.07) is 14.8. The van der Waals surface area contributed by atoms with E-state index >= 15 is 0 Å². The quantitative estimate of drug-likeness (QED) is 0.359. The van der Waals surface area contributed by atoms with Crippen molar-refractivity contribution >= 4 is 69.0 Å². The summed E-state index contributed by atoms with van der Waals surface area (Å²) >= 11 is 20.2. The van der Waals surface area contributed by atoms with Crippen molar-refractivity contribution in [3.05, 3.63) is 63.2 Å². The maximum absolute atomic E-state index is 12.4. The number of hydrogen-bond donors (Lipinski definition) is 2. The van der Waals surface area contributed by atoms with Crippen LogP contribution in [0.5, 0.6) is 0 Å². The molecule has 0 bridgehead atoms. The summed E-state index contributed by atoms with van der Waals surface area (Å²) in [7, 11) is 0. The number of aryl methyl sites for hydroxylation is 1.